The molecule has 1 unspecified atom stereocenters. The topological polar surface area (TPSA) is 78.9 Å². The standard InChI is InChI=1S/C73H132O6/c1-4-7-10-13-16-19-22-24-26-28-30-32-34-36-38-40-42-44-46-48-51-54-57-60-63-66-72(75)78-69-70(68-77-71(74)65-62-59-56-53-50-21-18-15-12-9-6-3)79-73(76)67-64-61-58-55-52-49-47-45-43-41-39-37-35-33-31-29-27-25-23-20-17-14-11-8-5-2/h7,10,16,19,24,26,30,32,36,38,70H,4-6,8-9,11-15,17-18,20-23,25,27-29,31,33-35,37,39-69H2,1-3H3/b10-7-,19-16-,26-24-,32-30-,38-36-. The first-order valence-corrected chi connectivity index (χ1v) is 34.8. The van der Waals surface area contributed by atoms with Gasteiger partial charge in [0.25, 0.3) is 0 Å². The normalized spacial score (nSPS) is 12.4. The van der Waals surface area contributed by atoms with Gasteiger partial charge in [0, 0.05) is 19.3 Å². The van der Waals surface area contributed by atoms with Crippen molar-refractivity contribution in [2.24, 2.45) is 0 Å². The molecule has 460 valence electrons. The van der Waals surface area contributed by atoms with Crippen LogP contribution in [0, 0.1) is 0 Å². The van der Waals surface area contributed by atoms with Gasteiger partial charge in [-0.3, -0.25) is 14.4 Å². The zero-order chi connectivity index (χ0) is 57.1. The molecule has 0 aliphatic rings. The van der Waals surface area contributed by atoms with Gasteiger partial charge in [0.05, 0.1) is 0 Å². The smallest absolute Gasteiger partial charge is 0.306 e. The Balaban J connectivity index is 4.21. The first-order valence-electron chi connectivity index (χ1n) is 34.8. The minimum absolute atomic E-state index is 0.0707. The molecule has 0 heterocycles. The summed E-state index contributed by atoms with van der Waals surface area (Å²) >= 11 is 0. The Bertz CT molecular complexity index is 1410. The lowest BCUT2D eigenvalue weighted by atomic mass is 10.0. The van der Waals surface area contributed by atoms with Crippen molar-refractivity contribution < 1.29 is 28.6 Å². The highest BCUT2D eigenvalue weighted by Gasteiger charge is 2.19. The molecule has 0 N–H and O–H groups in total. The van der Waals surface area contributed by atoms with E-state index < -0.39 is 6.10 Å². The molecule has 6 heteroatoms. The zero-order valence-electron chi connectivity index (χ0n) is 52.9. The van der Waals surface area contributed by atoms with Crippen LogP contribution in [0.5, 0.6) is 0 Å². The summed E-state index contributed by atoms with van der Waals surface area (Å²) in [5.74, 6) is -0.854. The van der Waals surface area contributed by atoms with E-state index in [1.165, 1.54) is 231 Å². The summed E-state index contributed by atoms with van der Waals surface area (Å²) in [6.45, 7) is 6.58. The van der Waals surface area contributed by atoms with Crippen LogP contribution in [0.4, 0.5) is 0 Å². The molecule has 0 saturated carbocycles. The van der Waals surface area contributed by atoms with E-state index in [9.17, 15) is 14.4 Å². The molecule has 0 amide bonds. The number of carbonyl (C=O) groups is 3. The van der Waals surface area contributed by atoms with Gasteiger partial charge in [-0.05, 0) is 64.2 Å². The van der Waals surface area contributed by atoms with Crippen molar-refractivity contribution in [3.8, 4) is 0 Å². The van der Waals surface area contributed by atoms with Gasteiger partial charge >= 0.3 is 17.9 Å². The molecule has 0 rings (SSSR count). The van der Waals surface area contributed by atoms with Gasteiger partial charge in [-0.15, -0.1) is 0 Å². The van der Waals surface area contributed by atoms with Crippen LogP contribution in [0.3, 0.4) is 0 Å². The largest absolute Gasteiger partial charge is 0.462 e. The van der Waals surface area contributed by atoms with Crippen molar-refractivity contribution in [3.05, 3.63) is 60.8 Å². The Morgan fingerprint density at radius 2 is 0.494 bits per heavy atom. The third-order valence-corrected chi connectivity index (χ3v) is 15.5. The highest BCUT2D eigenvalue weighted by atomic mass is 16.6. The summed E-state index contributed by atoms with van der Waals surface area (Å²) in [5.41, 5.74) is 0. The van der Waals surface area contributed by atoms with Crippen LogP contribution in [0.15, 0.2) is 60.8 Å². The fourth-order valence-electron chi connectivity index (χ4n) is 10.4. The Hall–Kier alpha value is -2.89. The SMILES string of the molecule is CC/C=C\C/C=C\C/C=C\C/C=C\C/C=C\CCCCCCCCCCCC(=O)OCC(COC(=O)CCCCCCCCCCCCC)OC(=O)CCCCCCCCCCCCCCCCCCCCCCCCCCC. The lowest BCUT2D eigenvalue weighted by Gasteiger charge is -2.18. The number of esters is 3. The minimum Gasteiger partial charge on any atom is -0.462 e. The molecule has 79 heavy (non-hydrogen) atoms. The van der Waals surface area contributed by atoms with Gasteiger partial charge in [-0.25, -0.2) is 0 Å². The second-order valence-electron chi connectivity index (χ2n) is 23.4. The van der Waals surface area contributed by atoms with Crippen LogP contribution < -0.4 is 0 Å². The second kappa shape index (κ2) is 67.6. The van der Waals surface area contributed by atoms with Crippen LogP contribution in [-0.4, -0.2) is 37.2 Å². The first kappa shape index (κ1) is 76.1. The summed E-state index contributed by atoms with van der Waals surface area (Å²) in [4.78, 5) is 38.4. The number of unbranched alkanes of at least 4 members (excludes halogenated alkanes) is 43. The van der Waals surface area contributed by atoms with Crippen LogP contribution in [0.25, 0.3) is 0 Å². The predicted molar refractivity (Wildman–Crippen MR) is 344 cm³/mol. The van der Waals surface area contributed by atoms with Crippen LogP contribution in [-0.2, 0) is 28.6 Å². The summed E-state index contributed by atoms with van der Waals surface area (Å²) in [6.07, 6.45) is 86.8. The molecular weight excluding hydrogens is 973 g/mol. The summed E-state index contributed by atoms with van der Waals surface area (Å²) in [6, 6.07) is 0. The van der Waals surface area contributed by atoms with Crippen molar-refractivity contribution in [3.63, 3.8) is 0 Å². The molecule has 0 aromatic heterocycles. The quantitative estimate of drug-likeness (QED) is 0.0261. The molecule has 0 aliphatic carbocycles. The highest BCUT2D eigenvalue weighted by molar-refractivity contribution is 5.71. The monoisotopic (exact) mass is 1110 g/mol. The summed E-state index contributed by atoms with van der Waals surface area (Å²) < 4.78 is 17.0. The lowest BCUT2D eigenvalue weighted by Crippen LogP contribution is -2.30. The minimum atomic E-state index is -0.774. The van der Waals surface area contributed by atoms with Crippen molar-refractivity contribution in [1.29, 1.82) is 0 Å². The summed E-state index contributed by atoms with van der Waals surface area (Å²) in [7, 11) is 0. The Morgan fingerprint density at radius 3 is 0.772 bits per heavy atom. The van der Waals surface area contributed by atoms with E-state index in [1.807, 2.05) is 0 Å². The molecule has 0 aliphatic heterocycles. The Morgan fingerprint density at radius 1 is 0.266 bits per heavy atom. The maximum absolute atomic E-state index is 12.9. The van der Waals surface area contributed by atoms with E-state index in [2.05, 4.69) is 81.5 Å². The van der Waals surface area contributed by atoms with E-state index in [0.717, 1.165) is 96.3 Å². The molecule has 1 atom stereocenters. The molecule has 0 radical (unpaired) electrons. The van der Waals surface area contributed by atoms with Crippen molar-refractivity contribution in [2.45, 2.75) is 374 Å². The number of carbonyl (C=O) groups excluding carboxylic acids is 3. The van der Waals surface area contributed by atoms with E-state index >= 15 is 0 Å². The Labute approximate surface area is 491 Å². The molecule has 0 fully saturated rings. The number of ether oxygens (including phenoxy) is 3. The van der Waals surface area contributed by atoms with E-state index in [1.54, 1.807) is 0 Å². The fourth-order valence-corrected chi connectivity index (χ4v) is 10.4. The number of hydrogen-bond acceptors (Lipinski definition) is 6. The fraction of sp³-hybridized carbons (Fsp3) is 0.822. The van der Waals surface area contributed by atoms with Crippen LogP contribution in [0.2, 0.25) is 0 Å². The third kappa shape index (κ3) is 65.8. The summed E-state index contributed by atoms with van der Waals surface area (Å²) in [5, 5.41) is 0. The lowest BCUT2D eigenvalue weighted by molar-refractivity contribution is -0.167. The average Bonchev–Trinajstić information content (AvgIpc) is 3.45. The van der Waals surface area contributed by atoms with Gasteiger partial charge in [-0.1, -0.05) is 345 Å². The molecule has 6 nitrogen and oxygen atoms in total. The number of hydrogen-bond donors (Lipinski definition) is 0. The van der Waals surface area contributed by atoms with Crippen molar-refractivity contribution >= 4 is 17.9 Å². The first-order chi connectivity index (χ1) is 39.0. The van der Waals surface area contributed by atoms with Crippen LogP contribution >= 0.6 is 0 Å². The molecule has 0 spiro atoms. The van der Waals surface area contributed by atoms with Gasteiger partial charge in [0.15, 0.2) is 6.10 Å². The maximum Gasteiger partial charge on any atom is 0.306 e. The van der Waals surface area contributed by atoms with Crippen LogP contribution in [0.1, 0.15) is 367 Å². The predicted octanol–water partition coefficient (Wildman–Crippen LogP) is 23.9. The van der Waals surface area contributed by atoms with Gasteiger partial charge in [0.1, 0.15) is 13.2 Å². The van der Waals surface area contributed by atoms with E-state index in [4.69, 9.17) is 14.2 Å². The van der Waals surface area contributed by atoms with Gasteiger partial charge in [0.2, 0.25) is 0 Å². The van der Waals surface area contributed by atoms with Gasteiger partial charge < -0.3 is 14.2 Å². The van der Waals surface area contributed by atoms with Gasteiger partial charge in [-0.2, -0.15) is 0 Å². The number of allylic oxidation sites excluding steroid dienone is 10. The zero-order valence-corrected chi connectivity index (χ0v) is 52.9. The Kier molecular flexibility index (Phi) is 65.1. The molecule has 0 bridgehead atoms. The average molecular weight is 1110 g/mol. The van der Waals surface area contributed by atoms with Crippen molar-refractivity contribution in [1.82, 2.24) is 0 Å². The molecule has 0 aromatic rings. The molecule has 0 saturated heterocycles. The van der Waals surface area contributed by atoms with Crippen molar-refractivity contribution in [2.75, 3.05) is 13.2 Å². The maximum atomic E-state index is 12.9. The third-order valence-electron chi connectivity index (χ3n) is 15.5. The molecular formula is C73H132O6. The van der Waals surface area contributed by atoms with E-state index in [0.29, 0.717) is 19.3 Å². The second-order valence-corrected chi connectivity index (χ2v) is 23.4. The van der Waals surface area contributed by atoms with E-state index in [-0.39, 0.29) is 31.1 Å². The number of rotatable bonds is 64. The highest BCUT2D eigenvalue weighted by Crippen LogP contribution is 2.18. The molecule has 0 aromatic carbocycles.